The number of furan rings is 1. The molecule has 0 saturated heterocycles. The molecule has 7 nitrogen and oxygen atoms in total. The summed E-state index contributed by atoms with van der Waals surface area (Å²) in [5, 5.41) is 3.79. The van der Waals surface area contributed by atoms with Crippen LogP contribution in [0.1, 0.15) is 18.1 Å². The van der Waals surface area contributed by atoms with E-state index in [4.69, 9.17) is 23.4 Å². The van der Waals surface area contributed by atoms with Gasteiger partial charge in [0, 0.05) is 40.8 Å². The van der Waals surface area contributed by atoms with E-state index < -0.39 is 0 Å². The summed E-state index contributed by atoms with van der Waals surface area (Å²) in [6.45, 7) is 2.28. The highest BCUT2D eigenvalue weighted by Crippen LogP contribution is 2.41. The molecule has 3 aromatic carbocycles. The number of nitrogens with one attached hydrogen (secondary N) is 1. The van der Waals surface area contributed by atoms with Crippen LogP contribution in [0, 0.1) is 0 Å². The number of amides is 1. The van der Waals surface area contributed by atoms with Crippen molar-refractivity contribution in [1.29, 1.82) is 0 Å². The molecule has 0 aliphatic heterocycles. The Bertz CT molecular complexity index is 1400. The van der Waals surface area contributed by atoms with Crippen molar-refractivity contribution in [3.05, 3.63) is 78.1 Å². The van der Waals surface area contributed by atoms with Crippen molar-refractivity contribution in [3.63, 3.8) is 0 Å². The highest BCUT2D eigenvalue weighted by atomic mass is 16.5. The maximum Gasteiger partial charge on any atom is 0.244 e. The van der Waals surface area contributed by atoms with Gasteiger partial charge in [0.25, 0.3) is 0 Å². The minimum Gasteiger partial charge on any atom is -0.497 e. The number of benzene rings is 3. The lowest BCUT2D eigenvalue weighted by Gasteiger charge is -2.12. The number of hydrogen-bond donors (Lipinski definition) is 1. The van der Waals surface area contributed by atoms with Gasteiger partial charge in [-0.3, -0.25) is 4.79 Å². The number of carbonyl (C=O) groups is 1. The van der Waals surface area contributed by atoms with E-state index in [0.29, 0.717) is 29.4 Å². The van der Waals surface area contributed by atoms with Gasteiger partial charge in [-0.15, -0.1) is 0 Å². The standard InChI is InChI=1S/C29H29NO6/c1-18(12-29(31)30-16-19-6-8-20(32-2)9-7-19)22-14-24-25(17-36-28(24)15-27(22)35-5)23-13-21(33-3)10-11-26(23)34-4/h6-15,17H,16H2,1-5H3,(H,30,31)/b18-12+. The van der Waals surface area contributed by atoms with Crippen LogP contribution in [0.15, 0.2) is 71.4 Å². The first kappa shape index (κ1) is 24.7. The lowest BCUT2D eigenvalue weighted by molar-refractivity contribution is -0.116. The van der Waals surface area contributed by atoms with E-state index in [9.17, 15) is 4.79 Å². The van der Waals surface area contributed by atoms with Gasteiger partial charge in [0.2, 0.25) is 5.91 Å². The van der Waals surface area contributed by atoms with Gasteiger partial charge >= 0.3 is 0 Å². The summed E-state index contributed by atoms with van der Waals surface area (Å²) in [7, 11) is 6.46. The van der Waals surface area contributed by atoms with Crippen molar-refractivity contribution in [1.82, 2.24) is 5.32 Å². The predicted molar refractivity (Wildman–Crippen MR) is 140 cm³/mol. The van der Waals surface area contributed by atoms with Crippen LogP contribution in [0.25, 0.3) is 27.7 Å². The van der Waals surface area contributed by atoms with Crippen LogP contribution in [0.3, 0.4) is 0 Å². The summed E-state index contributed by atoms with van der Waals surface area (Å²) in [5.41, 5.74) is 4.86. The van der Waals surface area contributed by atoms with Crippen molar-refractivity contribution in [2.24, 2.45) is 0 Å². The third-order valence-corrected chi connectivity index (χ3v) is 5.99. The SMILES string of the molecule is COc1ccc(CNC(=O)/C=C(\C)c2cc3c(-c4cc(OC)ccc4OC)coc3cc2OC)cc1. The van der Waals surface area contributed by atoms with Gasteiger partial charge in [-0.05, 0) is 54.5 Å². The zero-order valence-electron chi connectivity index (χ0n) is 21.0. The molecular formula is C29H29NO6. The van der Waals surface area contributed by atoms with Crippen molar-refractivity contribution in [3.8, 4) is 34.1 Å². The van der Waals surface area contributed by atoms with Gasteiger partial charge in [0.05, 0.1) is 34.7 Å². The van der Waals surface area contributed by atoms with E-state index in [1.54, 1.807) is 40.8 Å². The van der Waals surface area contributed by atoms with Gasteiger partial charge in [0.15, 0.2) is 0 Å². The summed E-state index contributed by atoms with van der Waals surface area (Å²) in [6.07, 6.45) is 3.25. The Hall–Kier alpha value is -4.39. The van der Waals surface area contributed by atoms with Crippen LogP contribution in [-0.4, -0.2) is 34.3 Å². The largest absolute Gasteiger partial charge is 0.497 e. The first-order valence-electron chi connectivity index (χ1n) is 11.4. The highest BCUT2D eigenvalue weighted by molar-refractivity contribution is 6.01. The monoisotopic (exact) mass is 487 g/mol. The number of carbonyl (C=O) groups excluding carboxylic acids is 1. The fourth-order valence-corrected chi connectivity index (χ4v) is 4.02. The lowest BCUT2D eigenvalue weighted by Crippen LogP contribution is -2.20. The maximum atomic E-state index is 12.7. The van der Waals surface area contributed by atoms with Crippen LogP contribution < -0.4 is 24.3 Å². The van der Waals surface area contributed by atoms with E-state index >= 15 is 0 Å². The van der Waals surface area contributed by atoms with Gasteiger partial charge in [-0.2, -0.15) is 0 Å². The number of ether oxygens (including phenoxy) is 4. The third-order valence-electron chi connectivity index (χ3n) is 5.99. The minimum atomic E-state index is -0.202. The smallest absolute Gasteiger partial charge is 0.244 e. The van der Waals surface area contributed by atoms with Crippen molar-refractivity contribution < 1.29 is 28.2 Å². The molecule has 0 spiro atoms. The fraction of sp³-hybridized carbons (Fsp3) is 0.207. The average molecular weight is 488 g/mol. The first-order chi connectivity index (χ1) is 17.5. The molecule has 4 aromatic rings. The second-order valence-electron chi connectivity index (χ2n) is 8.16. The molecule has 1 amide bonds. The molecule has 0 fully saturated rings. The van der Waals surface area contributed by atoms with Crippen LogP contribution in [-0.2, 0) is 11.3 Å². The van der Waals surface area contributed by atoms with Gasteiger partial charge in [0.1, 0.15) is 28.6 Å². The molecule has 0 aliphatic carbocycles. The molecule has 0 unspecified atom stereocenters. The Kier molecular flexibility index (Phi) is 7.49. The van der Waals surface area contributed by atoms with E-state index in [2.05, 4.69) is 5.32 Å². The zero-order valence-corrected chi connectivity index (χ0v) is 21.0. The van der Waals surface area contributed by atoms with E-state index in [1.807, 2.05) is 61.5 Å². The Balaban J connectivity index is 1.65. The van der Waals surface area contributed by atoms with Crippen LogP contribution in [0.5, 0.6) is 23.0 Å². The Labute approximate surface area is 210 Å². The second-order valence-corrected chi connectivity index (χ2v) is 8.16. The average Bonchev–Trinajstić information content (AvgIpc) is 3.33. The summed E-state index contributed by atoms with van der Waals surface area (Å²) < 4.78 is 27.6. The quantitative estimate of drug-likeness (QED) is 0.298. The number of hydrogen-bond acceptors (Lipinski definition) is 6. The van der Waals surface area contributed by atoms with Crippen molar-refractivity contribution in [2.45, 2.75) is 13.5 Å². The molecule has 36 heavy (non-hydrogen) atoms. The van der Waals surface area contributed by atoms with E-state index in [1.165, 1.54) is 0 Å². The summed E-state index contributed by atoms with van der Waals surface area (Å²) >= 11 is 0. The number of rotatable bonds is 9. The fourth-order valence-electron chi connectivity index (χ4n) is 4.02. The third kappa shape index (κ3) is 5.15. The van der Waals surface area contributed by atoms with E-state index in [-0.39, 0.29) is 5.91 Å². The molecule has 0 atom stereocenters. The molecule has 0 aliphatic rings. The van der Waals surface area contributed by atoms with Crippen LogP contribution >= 0.6 is 0 Å². The molecule has 0 saturated carbocycles. The Morgan fingerprint density at radius 3 is 2.19 bits per heavy atom. The molecule has 4 rings (SSSR count). The van der Waals surface area contributed by atoms with E-state index in [0.717, 1.165) is 39.0 Å². The molecule has 1 N–H and O–H groups in total. The number of methoxy groups -OCH3 is 4. The summed E-state index contributed by atoms with van der Waals surface area (Å²) in [4.78, 5) is 12.7. The lowest BCUT2D eigenvalue weighted by atomic mass is 9.98. The van der Waals surface area contributed by atoms with Gasteiger partial charge in [-0.25, -0.2) is 0 Å². The van der Waals surface area contributed by atoms with Crippen molar-refractivity contribution in [2.75, 3.05) is 28.4 Å². The summed E-state index contributed by atoms with van der Waals surface area (Å²) in [6, 6.07) is 17.0. The highest BCUT2D eigenvalue weighted by Gasteiger charge is 2.18. The van der Waals surface area contributed by atoms with Gasteiger partial charge in [-0.1, -0.05) is 12.1 Å². The molecule has 1 heterocycles. The molecular weight excluding hydrogens is 458 g/mol. The molecule has 0 bridgehead atoms. The van der Waals surface area contributed by atoms with Crippen LogP contribution in [0.4, 0.5) is 0 Å². The molecule has 0 radical (unpaired) electrons. The zero-order chi connectivity index (χ0) is 25.7. The van der Waals surface area contributed by atoms with Crippen molar-refractivity contribution >= 4 is 22.4 Å². The maximum absolute atomic E-state index is 12.7. The molecule has 1 aromatic heterocycles. The first-order valence-corrected chi connectivity index (χ1v) is 11.4. The Morgan fingerprint density at radius 2 is 1.53 bits per heavy atom. The Morgan fingerprint density at radius 1 is 0.833 bits per heavy atom. The minimum absolute atomic E-state index is 0.202. The topological polar surface area (TPSA) is 79.2 Å². The van der Waals surface area contributed by atoms with Crippen LogP contribution in [0.2, 0.25) is 0 Å². The molecule has 7 heteroatoms. The van der Waals surface area contributed by atoms with Gasteiger partial charge < -0.3 is 28.7 Å². The summed E-state index contributed by atoms with van der Waals surface area (Å²) in [5.74, 6) is 2.58. The predicted octanol–water partition coefficient (Wildman–Crippen LogP) is 5.85. The number of allylic oxidation sites excluding steroid dienone is 1. The number of fused-ring (bicyclic) bond motifs is 1. The molecule has 186 valence electrons. The normalized spacial score (nSPS) is 11.3. The second kappa shape index (κ2) is 10.9.